The quantitative estimate of drug-likeness (QED) is 0.815. The predicted molar refractivity (Wildman–Crippen MR) is 103 cm³/mol. The summed E-state index contributed by atoms with van der Waals surface area (Å²) in [6.07, 6.45) is 3.19. The fraction of sp³-hybridized carbons (Fsp3) is 0.524. The fourth-order valence-electron chi connectivity index (χ4n) is 4.17. The molecule has 0 atom stereocenters. The Morgan fingerprint density at radius 3 is 2.18 bits per heavy atom. The van der Waals surface area contributed by atoms with Gasteiger partial charge in [0.2, 0.25) is 17.7 Å². The highest BCUT2D eigenvalue weighted by atomic mass is 16.4. The third-order valence-corrected chi connectivity index (χ3v) is 5.85. The SMILES string of the molecule is Cc1nnc(C2CCN(C(=O)C3CCN(C(=O)c4ccccc4)CC3)CC2)o1. The number of aryl methyl sites for hydroxylation is 1. The van der Waals surface area contributed by atoms with Crippen LogP contribution in [-0.2, 0) is 4.79 Å². The molecule has 2 aliphatic heterocycles. The molecule has 4 rings (SSSR count). The lowest BCUT2D eigenvalue weighted by molar-refractivity contribution is -0.138. The Hall–Kier alpha value is -2.70. The zero-order valence-electron chi connectivity index (χ0n) is 16.2. The van der Waals surface area contributed by atoms with Crippen LogP contribution in [0.4, 0.5) is 0 Å². The smallest absolute Gasteiger partial charge is 0.253 e. The molecule has 1 aromatic carbocycles. The van der Waals surface area contributed by atoms with E-state index in [4.69, 9.17) is 4.42 Å². The molecule has 0 N–H and O–H groups in total. The van der Waals surface area contributed by atoms with E-state index in [9.17, 15) is 9.59 Å². The molecule has 2 saturated heterocycles. The molecule has 148 valence electrons. The molecular weight excluding hydrogens is 356 g/mol. The largest absolute Gasteiger partial charge is 0.425 e. The highest BCUT2D eigenvalue weighted by Crippen LogP contribution is 2.29. The molecule has 0 unspecified atom stereocenters. The van der Waals surface area contributed by atoms with Gasteiger partial charge in [-0.05, 0) is 37.8 Å². The Labute approximate surface area is 164 Å². The Bertz CT molecular complexity index is 819. The van der Waals surface area contributed by atoms with E-state index in [1.807, 2.05) is 40.1 Å². The first-order chi connectivity index (χ1) is 13.6. The van der Waals surface area contributed by atoms with Gasteiger partial charge in [-0.15, -0.1) is 10.2 Å². The van der Waals surface area contributed by atoms with E-state index in [1.165, 1.54) is 0 Å². The second-order valence-electron chi connectivity index (χ2n) is 7.69. The van der Waals surface area contributed by atoms with Gasteiger partial charge in [0.15, 0.2) is 0 Å². The fourth-order valence-corrected chi connectivity index (χ4v) is 4.17. The van der Waals surface area contributed by atoms with E-state index in [2.05, 4.69) is 10.2 Å². The summed E-state index contributed by atoms with van der Waals surface area (Å²) in [5, 5.41) is 8.02. The highest BCUT2D eigenvalue weighted by molar-refractivity contribution is 5.94. The van der Waals surface area contributed by atoms with Gasteiger partial charge in [-0.2, -0.15) is 0 Å². The van der Waals surface area contributed by atoms with E-state index in [0.29, 0.717) is 30.4 Å². The van der Waals surface area contributed by atoms with Crippen LogP contribution in [0.3, 0.4) is 0 Å². The highest BCUT2D eigenvalue weighted by Gasteiger charge is 2.33. The van der Waals surface area contributed by atoms with Crippen molar-refractivity contribution in [2.75, 3.05) is 26.2 Å². The van der Waals surface area contributed by atoms with Gasteiger partial charge in [-0.25, -0.2) is 0 Å². The molecule has 7 nitrogen and oxygen atoms in total. The number of carbonyl (C=O) groups excluding carboxylic acids is 2. The van der Waals surface area contributed by atoms with Crippen LogP contribution >= 0.6 is 0 Å². The zero-order chi connectivity index (χ0) is 19.5. The van der Waals surface area contributed by atoms with Crippen LogP contribution < -0.4 is 0 Å². The Morgan fingerprint density at radius 1 is 0.929 bits per heavy atom. The minimum absolute atomic E-state index is 0.0158. The lowest BCUT2D eigenvalue weighted by Gasteiger charge is -2.36. The van der Waals surface area contributed by atoms with E-state index < -0.39 is 0 Å². The van der Waals surface area contributed by atoms with Crippen LogP contribution in [0.25, 0.3) is 0 Å². The van der Waals surface area contributed by atoms with Crippen LogP contribution in [0.5, 0.6) is 0 Å². The molecule has 0 aliphatic carbocycles. The molecular formula is C21H26N4O3. The molecule has 0 bridgehead atoms. The third-order valence-electron chi connectivity index (χ3n) is 5.85. The van der Waals surface area contributed by atoms with Crippen molar-refractivity contribution < 1.29 is 14.0 Å². The minimum Gasteiger partial charge on any atom is -0.425 e. The average molecular weight is 382 g/mol. The van der Waals surface area contributed by atoms with E-state index in [-0.39, 0.29) is 23.7 Å². The van der Waals surface area contributed by atoms with E-state index in [1.54, 1.807) is 6.92 Å². The number of hydrogen-bond donors (Lipinski definition) is 0. The number of amides is 2. The average Bonchev–Trinajstić information content (AvgIpc) is 3.20. The van der Waals surface area contributed by atoms with Crippen LogP contribution in [0.2, 0.25) is 0 Å². The van der Waals surface area contributed by atoms with Crippen molar-refractivity contribution in [1.82, 2.24) is 20.0 Å². The normalized spacial score (nSPS) is 19.0. The van der Waals surface area contributed by atoms with Crippen molar-refractivity contribution in [3.8, 4) is 0 Å². The lowest BCUT2D eigenvalue weighted by atomic mass is 9.92. The van der Waals surface area contributed by atoms with Gasteiger partial charge in [0.25, 0.3) is 5.91 Å². The maximum absolute atomic E-state index is 12.9. The van der Waals surface area contributed by atoms with Gasteiger partial charge in [-0.1, -0.05) is 18.2 Å². The van der Waals surface area contributed by atoms with Crippen molar-refractivity contribution in [2.24, 2.45) is 5.92 Å². The Kier molecular flexibility index (Phi) is 5.41. The van der Waals surface area contributed by atoms with Crippen molar-refractivity contribution in [1.29, 1.82) is 0 Å². The van der Waals surface area contributed by atoms with Gasteiger partial charge in [-0.3, -0.25) is 9.59 Å². The monoisotopic (exact) mass is 382 g/mol. The molecule has 28 heavy (non-hydrogen) atoms. The van der Waals surface area contributed by atoms with Gasteiger partial charge >= 0.3 is 0 Å². The number of carbonyl (C=O) groups is 2. The summed E-state index contributed by atoms with van der Waals surface area (Å²) in [5.41, 5.74) is 0.714. The number of nitrogens with zero attached hydrogens (tertiary/aromatic N) is 4. The van der Waals surface area contributed by atoms with Gasteiger partial charge in [0, 0.05) is 50.5 Å². The molecule has 2 amide bonds. The molecule has 7 heteroatoms. The van der Waals surface area contributed by atoms with Crippen LogP contribution in [0, 0.1) is 12.8 Å². The van der Waals surface area contributed by atoms with E-state index in [0.717, 1.165) is 38.8 Å². The summed E-state index contributed by atoms with van der Waals surface area (Å²) in [6, 6.07) is 9.35. The van der Waals surface area contributed by atoms with E-state index >= 15 is 0 Å². The number of piperidine rings is 2. The minimum atomic E-state index is 0.0158. The molecule has 3 heterocycles. The van der Waals surface area contributed by atoms with Crippen molar-refractivity contribution in [2.45, 2.75) is 38.5 Å². The number of aromatic nitrogens is 2. The van der Waals surface area contributed by atoms with Crippen molar-refractivity contribution in [3.05, 3.63) is 47.7 Å². The van der Waals surface area contributed by atoms with Crippen LogP contribution in [-0.4, -0.2) is 58.0 Å². The molecule has 0 spiro atoms. The van der Waals surface area contributed by atoms with Gasteiger partial charge in [0.05, 0.1) is 0 Å². The summed E-state index contributed by atoms with van der Waals surface area (Å²) in [5.74, 6) is 1.83. The number of benzene rings is 1. The first-order valence-electron chi connectivity index (χ1n) is 10.0. The van der Waals surface area contributed by atoms with Crippen molar-refractivity contribution in [3.63, 3.8) is 0 Å². The number of hydrogen-bond acceptors (Lipinski definition) is 5. The number of rotatable bonds is 3. The number of likely N-dealkylation sites (tertiary alicyclic amines) is 2. The van der Waals surface area contributed by atoms with Gasteiger partial charge in [0.1, 0.15) is 0 Å². The van der Waals surface area contributed by atoms with Gasteiger partial charge < -0.3 is 14.2 Å². The standard InChI is InChI=1S/C21H26N4O3/c1-15-22-23-19(28-15)16-7-11-24(12-8-16)21(27)18-9-13-25(14-10-18)20(26)17-5-3-2-4-6-17/h2-6,16,18H,7-14H2,1H3. The maximum atomic E-state index is 12.9. The lowest BCUT2D eigenvalue weighted by Crippen LogP contribution is -2.46. The summed E-state index contributed by atoms with van der Waals surface area (Å²) in [7, 11) is 0. The Morgan fingerprint density at radius 2 is 1.57 bits per heavy atom. The molecule has 1 aromatic heterocycles. The summed E-state index contributed by atoms with van der Waals surface area (Å²) in [6.45, 7) is 4.54. The second kappa shape index (κ2) is 8.12. The summed E-state index contributed by atoms with van der Waals surface area (Å²) < 4.78 is 5.54. The first-order valence-corrected chi connectivity index (χ1v) is 10.0. The van der Waals surface area contributed by atoms with Crippen LogP contribution in [0.1, 0.15) is 53.7 Å². The predicted octanol–water partition coefficient (Wildman–Crippen LogP) is 2.64. The summed E-state index contributed by atoms with van der Waals surface area (Å²) in [4.78, 5) is 29.3. The van der Waals surface area contributed by atoms with Crippen molar-refractivity contribution >= 4 is 11.8 Å². The molecule has 0 saturated carbocycles. The van der Waals surface area contributed by atoms with Crippen LogP contribution in [0.15, 0.2) is 34.7 Å². The molecule has 0 radical (unpaired) electrons. The second-order valence-corrected chi connectivity index (χ2v) is 7.69. The molecule has 2 fully saturated rings. The topological polar surface area (TPSA) is 79.5 Å². The Balaban J connectivity index is 1.27. The maximum Gasteiger partial charge on any atom is 0.253 e. The first kappa shape index (κ1) is 18.7. The summed E-state index contributed by atoms with van der Waals surface area (Å²) >= 11 is 0. The molecule has 2 aliphatic rings. The molecule has 2 aromatic rings. The third kappa shape index (κ3) is 3.93. The zero-order valence-corrected chi connectivity index (χ0v) is 16.2.